The lowest BCUT2D eigenvalue weighted by Crippen LogP contribution is -2.45. The average Bonchev–Trinajstić information content (AvgIpc) is 2.76. The van der Waals surface area contributed by atoms with Crippen molar-refractivity contribution in [2.24, 2.45) is 11.8 Å². The largest absolute Gasteiger partial charge is 0.480 e. The average molecular weight is 468 g/mol. The zero-order valence-electron chi connectivity index (χ0n) is 19.2. The third-order valence-electron chi connectivity index (χ3n) is 6.65. The molecule has 2 heterocycles. The highest BCUT2D eigenvalue weighted by molar-refractivity contribution is 5.84. The molecule has 1 amide bonds. The third kappa shape index (κ3) is 7.62. The molecule has 3 rings (SSSR count). The van der Waals surface area contributed by atoms with Crippen LogP contribution in [0.5, 0.6) is 0 Å². The first-order valence-corrected chi connectivity index (χ1v) is 12.0. The van der Waals surface area contributed by atoms with Crippen LogP contribution in [0.2, 0.25) is 0 Å². The van der Waals surface area contributed by atoms with Gasteiger partial charge in [-0.05, 0) is 62.5 Å². The minimum Gasteiger partial charge on any atom is -0.480 e. The van der Waals surface area contributed by atoms with Crippen LogP contribution >= 0.6 is 0 Å². The second-order valence-corrected chi connectivity index (χ2v) is 9.13. The summed E-state index contributed by atoms with van der Waals surface area (Å²) in [7, 11) is 0. The van der Waals surface area contributed by atoms with Crippen LogP contribution in [0, 0.1) is 11.8 Å². The first-order valence-electron chi connectivity index (χ1n) is 12.0. The molecule has 2 unspecified atom stereocenters. The van der Waals surface area contributed by atoms with Crippen molar-refractivity contribution in [1.29, 1.82) is 0 Å². The van der Waals surface area contributed by atoms with Crippen LogP contribution in [0.3, 0.4) is 0 Å². The molecule has 0 radical (unpaired) electrons. The number of rotatable bonds is 13. The number of carboxylic acids is 1. The van der Waals surface area contributed by atoms with Gasteiger partial charge in [0.1, 0.15) is 11.9 Å². The molecule has 0 bridgehead atoms. The Balaban J connectivity index is 1.33. The minimum absolute atomic E-state index is 0.0977. The number of ether oxygens (including phenoxy) is 1. The number of nitrogens with zero attached hydrogens (tertiary/aromatic N) is 1. The molecule has 1 aliphatic carbocycles. The van der Waals surface area contributed by atoms with Crippen molar-refractivity contribution < 1.29 is 28.2 Å². The molecule has 1 aliphatic heterocycles. The molecule has 0 spiro atoms. The molecular formula is C24H35F2N3O4. The summed E-state index contributed by atoms with van der Waals surface area (Å²) < 4.78 is 31.0. The van der Waals surface area contributed by atoms with E-state index in [1.807, 2.05) is 0 Å². The van der Waals surface area contributed by atoms with Crippen molar-refractivity contribution in [1.82, 2.24) is 10.3 Å². The Kier molecular flexibility index (Phi) is 9.41. The quantitative estimate of drug-likeness (QED) is 0.408. The predicted octanol–water partition coefficient (Wildman–Crippen LogP) is 3.81. The van der Waals surface area contributed by atoms with E-state index in [1.165, 1.54) is 5.56 Å². The monoisotopic (exact) mass is 467 g/mol. The number of halogens is 2. The summed E-state index contributed by atoms with van der Waals surface area (Å²) in [6.45, 7) is 2.82. The van der Waals surface area contributed by atoms with E-state index in [1.54, 1.807) is 6.92 Å². The Hall–Kier alpha value is -2.29. The number of hydrogen-bond donors (Lipinski definition) is 3. The number of fused-ring (bicyclic) bond motifs is 1. The van der Waals surface area contributed by atoms with Gasteiger partial charge in [0.05, 0.1) is 6.10 Å². The summed E-state index contributed by atoms with van der Waals surface area (Å²) in [5, 5.41) is 15.1. The van der Waals surface area contributed by atoms with Gasteiger partial charge in [0.15, 0.2) is 0 Å². The van der Waals surface area contributed by atoms with E-state index < -0.39 is 36.7 Å². The molecule has 9 heteroatoms. The number of pyridine rings is 1. The Bertz CT molecular complexity index is 802. The second-order valence-electron chi connectivity index (χ2n) is 9.13. The number of carbonyl (C=O) groups excluding carboxylic acids is 1. The number of aromatic nitrogens is 1. The highest BCUT2D eigenvalue weighted by Crippen LogP contribution is 2.34. The maximum Gasteiger partial charge on any atom is 0.326 e. The normalized spacial score (nSPS) is 21.5. The summed E-state index contributed by atoms with van der Waals surface area (Å²) in [5.74, 6) is -1.12. The van der Waals surface area contributed by atoms with Crippen molar-refractivity contribution in [3.05, 3.63) is 23.4 Å². The number of amides is 1. The van der Waals surface area contributed by atoms with Crippen molar-refractivity contribution in [3.63, 3.8) is 0 Å². The summed E-state index contributed by atoms with van der Waals surface area (Å²) in [5.41, 5.74) is 2.39. The lowest BCUT2D eigenvalue weighted by atomic mass is 9.79. The number of aryl methyl sites for hydroxylation is 2. The molecule has 1 fully saturated rings. The lowest BCUT2D eigenvalue weighted by molar-refractivity contribution is -0.143. The molecule has 3 N–H and O–H groups in total. The Morgan fingerprint density at radius 2 is 2.12 bits per heavy atom. The highest BCUT2D eigenvalue weighted by Gasteiger charge is 2.31. The number of carbonyl (C=O) groups is 2. The van der Waals surface area contributed by atoms with Crippen LogP contribution in [-0.4, -0.2) is 53.7 Å². The Morgan fingerprint density at radius 1 is 1.33 bits per heavy atom. The predicted molar refractivity (Wildman–Crippen MR) is 120 cm³/mol. The third-order valence-corrected chi connectivity index (χ3v) is 6.65. The molecule has 33 heavy (non-hydrogen) atoms. The molecule has 0 saturated heterocycles. The van der Waals surface area contributed by atoms with Gasteiger partial charge in [-0.25, -0.2) is 18.6 Å². The van der Waals surface area contributed by atoms with Gasteiger partial charge < -0.3 is 20.5 Å². The molecular weight excluding hydrogens is 432 g/mol. The molecule has 1 aromatic heterocycles. The fourth-order valence-corrected chi connectivity index (χ4v) is 4.48. The first kappa shape index (κ1) is 25.3. The van der Waals surface area contributed by atoms with Gasteiger partial charge in [0, 0.05) is 37.6 Å². The Morgan fingerprint density at radius 3 is 2.82 bits per heavy atom. The van der Waals surface area contributed by atoms with Crippen molar-refractivity contribution >= 4 is 17.7 Å². The van der Waals surface area contributed by atoms with Crippen LogP contribution in [0.1, 0.15) is 63.1 Å². The Labute approximate surface area is 193 Å². The first-order chi connectivity index (χ1) is 15.9. The number of nitrogens with one attached hydrogen (secondary N) is 2. The van der Waals surface area contributed by atoms with Crippen molar-refractivity contribution in [2.75, 3.05) is 18.5 Å². The molecule has 2 aliphatic rings. The lowest BCUT2D eigenvalue weighted by Gasteiger charge is -2.35. The topological polar surface area (TPSA) is 101 Å². The SMILES string of the molecule is CCC(CC(F)F)C(=O)NC(CCO[C@H]1C[C@H](CCc2ccc3c(n2)NCCC3)C1)C(=O)O. The van der Waals surface area contributed by atoms with Gasteiger partial charge in [-0.2, -0.15) is 0 Å². The number of anilines is 1. The van der Waals surface area contributed by atoms with E-state index in [9.17, 15) is 23.5 Å². The van der Waals surface area contributed by atoms with Gasteiger partial charge in [-0.3, -0.25) is 4.79 Å². The molecule has 184 valence electrons. The van der Waals surface area contributed by atoms with E-state index in [0.717, 1.165) is 56.6 Å². The van der Waals surface area contributed by atoms with Crippen molar-refractivity contribution in [2.45, 2.75) is 83.3 Å². The second kappa shape index (κ2) is 12.3. The smallest absolute Gasteiger partial charge is 0.326 e. The fraction of sp³-hybridized carbons (Fsp3) is 0.708. The number of aliphatic carboxylic acids is 1. The molecule has 1 saturated carbocycles. The maximum atomic E-state index is 12.6. The van der Waals surface area contributed by atoms with Gasteiger partial charge in [-0.15, -0.1) is 0 Å². The standard InChI is InChI=1S/C24H35F2N3O4/c1-2-16(14-21(25)26)23(30)29-20(24(31)32)9-11-33-19-12-15(13-19)5-7-18-8-6-17-4-3-10-27-22(17)28-18/h6,8,15-16,19-21H,2-5,7,9-14H2,1H3,(H,27,28)(H,29,30)(H,31,32)/t15-,16?,19-,20?. The van der Waals surface area contributed by atoms with Gasteiger partial charge in [0.2, 0.25) is 12.3 Å². The van der Waals surface area contributed by atoms with Crippen molar-refractivity contribution in [3.8, 4) is 0 Å². The molecule has 7 nitrogen and oxygen atoms in total. The summed E-state index contributed by atoms with van der Waals surface area (Å²) in [6.07, 6.45) is 3.34. The van der Waals surface area contributed by atoms with E-state index in [2.05, 4.69) is 22.8 Å². The summed E-state index contributed by atoms with van der Waals surface area (Å²) in [6, 6.07) is 3.15. The number of alkyl halides is 2. The van der Waals surface area contributed by atoms with Crippen LogP contribution in [0.25, 0.3) is 0 Å². The fourth-order valence-electron chi connectivity index (χ4n) is 4.48. The zero-order valence-corrected chi connectivity index (χ0v) is 19.2. The van der Waals surface area contributed by atoms with Crippen LogP contribution in [-0.2, 0) is 27.2 Å². The van der Waals surface area contributed by atoms with E-state index in [0.29, 0.717) is 5.92 Å². The maximum absolute atomic E-state index is 12.6. The molecule has 2 atom stereocenters. The van der Waals surface area contributed by atoms with Gasteiger partial charge in [-0.1, -0.05) is 13.0 Å². The highest BCUT2D eigenvalue weighted by atomic mass is 19.3. The summed E-state index contributed by atoms with van der Waals surface area (Å²) >= 11 is 0. The van der Waals surface area contributed by atoms with Crippen LogP contribution in [0.15, 0.2) is 12.1 Å². The number of carboxylic acid groups (broad SMARTS) is 1. The molecule has 0 aromatic carbocycles. The summed E-state index contributed by atoms with van der Waals surface area (Å²) in [4.78, 5) is 28.3. The minimum atomic E-state index is -2.60. The zero-order chi connectivity index (χ0) is 23.8. The van der Waals surface area contributed by atoms with E-state index in [-0.39, 0.29) is 25.6 Å². The van der Waals surface area contributed by atoms with Gasteiger partial charge in [0.25, 0.3) is 0 Å². The van der Waals surface area contributed by atoms with E-state index in [4.69, 9.17) is 9.72 Å². The van der Waals surface area contributed by atoms with Crippen LogP contribution < -0.4 is 10.6 Å². The van der Waals surface area contributed by atoms with Crippen LogP contribution in [0.4, 0.5) is 14.6 Å². The molecule has 1 aromatic rings. The number of hydrogen-bond acceptors (Lipinski definition) is 5. The van der Waals surface area contributed by atoms with Gasteiger partial charge >= 0.3 is 5.97 Å². The van der Waals surface area contributed by atoms with E-state index >= 15 is 0 Å².